The lowest BCUT2D eigenvalue weighted by molar-refractivity contribution is 0.138. The average Bonchev–Trinajstić information content (AvgIpc) is 1.84. The molecule has 0 rings (SSSR count). The molecule has 0 heterocycles. The molecule has 0 radical (unpaired) electrons. The Hall–Kier alpha value is -0.0800. The fourth-order valence-electron chi connectivity index (χ4n) is 0.575. The van der Waals surface area contributed by atoms with Gasteiger partial charge in [0.15, 0.2) is 0 Å². The predicted octanol–water partition coefficient (Wildman–Crippen LogP) is 0.495. The molecule has 0 aliphatic rings. The molecule has 0 amide bonds. The highest BCUT2D eigenvalue weighted by Gasteiger charge is 2.08. The van der Waals surface area contributed by atoms with Crippen molar-refractivity contribution in [3.8, 4) is 0 Å². The highest BCUT2D eigenvalue weighted by molar-refractivity contribution is 4.67. The van der Waals surface area contributed by atoms with Crippen molar-refractivity contribution in [1.29, 1.82) is 0 Å². The van der Waals surface area contributed by atoms with Crippen LogP contribution in [0.2, 0.25) is 0 Å². The van der Waals surface area contributed by atoms with E-state index in [0.717, 1.165) is 12.8 Å². The topological polar surface area (TPSA) is 46.2 Å². The fourth-order valence-corrected chi connectivity index (χ4v) is 0.575. The van der Waals surface area contributed by atoms with Crippen molar-refractivity contribution in [2.24, 2.45) is 5.73 Å². The van der Waals surface area contributed by atoms with Gasteiger partial charge in [0.1, 0.15) is 0 Å². The molecule has 3 N–H and O–H groups in total. The van der Waals surface area contributed by atoms with Crippen molar-refractivity contribution in [3.63, 3.8) is 0 Å². The van der Waals surface area contributed by atoms with Crippen LogP contribution in [0.25, 0.3) is 0 Å². The Morgan fingerprint density at radius 2 is 1.88 bits per heavy atom. The van der Waals surface area contributed by atoms with Crippen LogP contribution in [0, 0.1) is 0 Å². The number of hydrogen-bond acceptors (Lipinski definition) is 2. The van der Waals surface area contributed by atoms with Crippen LogP contribution >= 0.6 is 0 Å². The summed E-state index contributed by atoms with van der Waals surface area (Å²) in [7, 11) is 0. The van der Waals surface area contributed by atoms with Crippen molar-refractivity contribution in [3.05, 3.63) is 0 Å². The quantitative estimate of drug-likeness (QED) is 0.565. The monoisotopic (exact) mass is 117 g/mol. The summed E-state index contributed by atoms with van der Waals surface area (Å²) in [6.45, 7) is 3.91. The second kappa shape index (κ2) is 3.87. The number of aliphatic hydroxyl groups excluding tert-OH is 1. The van der Waals surface area contributed by atoms with Gasteiger partial charge in [0, 0.05) is 6.04 Å². The second-order valence-corrected chi connectivity index (χ2v) is 2.05. The smallest absolute Gasteiger partial charge is 0.0688 e. The van der Waals surface area contributed by atoms with Gasteiger partial charge in [-0.3, -0.25) is 0 Å². The van der Waals surface area contributed by atoms with E-state index in [1.54, 1.807) is 0 Å². The molecule has 0 aromatic rings. The largest absolute Gasteiger partial charge is 0.392 e. The van der Waals surface area contributed by atoms with Crippen molar-refractivity contribution >= 4 is 0 Å². The van der Waals surface area contributed by atoms with Gasteiger partial charge in [-0.05, 0) is 12.8 Å². The number of nitrogens with two attached hydrogens (primary N) is 1. The third kappa shape index (κ3) is 2.28. The van der Waals surface area contributed by atoms with Crippen LogP contribution in [-0.4, -0.2) is 17.3 Å². The van der Waals surface area contributed by atoms with Crippen molar-refractivity contribution in [1.82, 2.24) is 0 Å². The van der Waals surface area contributed by atoms with Crippen LogP contribution in [0.5, 0.6) is 0 Å². The maximum atomic E-state index is 9.00. The van der Waals surface area contributed by atoms with Gasteiger partial charge in [-0.1, -0.05) is 13.8 Å². The minimum Gasteiger partial charge on any atom is -0.392 e. The van der Waals surface area contributed by atoms with E-state index >= 15 is 0 Å². The molecule has 2 heteroatoms. The van der Waals surface area contributed by atoms with Gasteiger partial charge in [0.2, 0.25) is 0 Å². The molecule has 0 fully saturated rings. The Morgan fingerprint density at radius 1 is 1.38 bits per heavy atom. The zero-order chi connectivity index (χ0) is 6.57. The standard InChI is InChI=1S/C6H15NO/c1-3-5(7)6(8)4-2/h5-6,8H,3-4,7H2,1-2H3/t5-,6-/m1/s1. The van der Waals surface area contributed by atoms with E-state index in [0.29, 0.717) is 0 Å². The molecular formula is C6H15NO. The molecule has 0 aliphatic carbocycles. The van der Waals surface area contributed by atoms with Gasteiger partial charge in [0.25, 0.3) is 0 Å². The fraction of sp³-hybridized carbons (Fsp3) is 1.00. The first-order valence-electron chi connectivity index (χ1n) is 3.16. The molecule has 0 aromatic carbocycles. The molecule has 2 nitrogen and oxygen atoms in total. The normalized spacial score (nSPS) is 18.0. The first-order chi connectivity index (χ1) is 3.72. The van der Waals surface area contributed by atoms with Gasteiger partial charge < -0.3 is 10.8 Å². The van der Waals surface area contributed by atoms with Crippen molar-refractivity contribution < 1.29 is 5.11 Å². The third-order valence-corrected chi connectivity index (χ3v) is 1.38. The average molecular weight is 117 g/mol. The first-order valence-corrected chi connectivity index (χ1v) is 3.16. The molecule has 0 bridgehead atoms. The maximum Gasteiger partial charge on any atom is 0.0688 e. The Labute approximate surface area is 50.7 Å². The molecule has 50 valence electrons. The van der Waals surface area contributed by atoms with Gasteiger partial charge >= 0.3 is 0 Å². The van der Waals surface area contributed by atoms with E-state index in [1.165, 1.54) is 0 Å². The summed E-state index contributed by atoms with van der Waals surface area (Å²) in [4.78, 5) is 0. The number of rotatable bonds is 3. The third-order valence-electron chi connectivity index (χ3n) is 1.38. The van der Waals surface area contributed by atoms with Crippen LogP contribution in [0.4, 0.5) is 0 Å². The summed E-state index contributed by atoms with van der Waals surface area (Å²) in [6, 6.07) is -0.0278. The molecular weight excluding hydrogens is 102 g/mol. The zero-order valence-corrected chi connectivity index (χ0v) is 5.59. The molecule has 8 heavy (non-hydrogen) atoms. The van der Waals surface area contributed by atoms with E-state index in [-0.39, 0.29) is 12.1 Å². The minimum atomic E-state index is -0.306. The van der Waals surface area contributed by atoms with Crippen molar-refractivity contribution in [2.75, 3.05) is 0 Å². The van der Waals surface area contributed by atoms with Gasteiger partial charge in [0.05, 0.1) is 6.10 Å². The summed E-state index contributed by atoms with van der Waals surface area (Å²) >= 11 is 0. The minimum absolute atomic E-state index is 0.0278. The van der Waals surface area contributed by atoms with E-state index in [9.17, 15) is 0 Å². The van der Waals surface area contributed by atoms with E-state index in [2.05, 4.69) is 0 Å². The first kappa shape index (κ1) is 7.92. The molecule has 0 saturated heterocycles. The van der Waals surface area contributed by atoms with Crippen LogP contribution in [0.3, 0.4) is 0 Å². The summed E-state index contributed by atoms with van der Waals surface area (Å²) < 4.78 is 0. The van der Waals surface area contributed by atoms with Crippen molar-refractivity contribution in [2.45, 2.75) is 38.8 Å². The Bertz CT molecular complexity index is 48.5. The number of hydrogen-bond donors (Lipinski definition) is 2. The summed E-state index contributed by atoms with van der Waals surface area (Å²) in [6.07, 6.45) is 1.31. The Morgan fingerprint density at radius 3 is 2.00 bits per heavy atom. The highest BCUT2D eigenvalue weighted by Crippen LogP contribution is 1.97. The second-order valence-electron chi connectivity index (χ2n) is 2.05. The predicted molar refractivity (Wildman–Crippen MR) is 34.6 cm³/mol. The molecule has 0 aromatic heterocycles. The van der Waals surface area contributed by atoms with E-state index in [4.69, 9.17) is 10.8 Å². The zero-order valence-electron chi connectivity index (χ0n) is 5.59. The summed E-state index contributed by atoms with van der Waals surface area (Å²) in [5.74, 6) is 0. The lowest BCUT2D eigenvalue weighted by Gasteiger charge is -2.13. The van der Waals surface area contributed by atoms with Gasteiger partial charge in [-0.2, -0.15) is 0 Å². The SMILES string of the molecule is CC[C@@H](N)[C@H](O)CC. The van der Waals surface area contributed by atoms with E-state index < -0.39 is 0 Å². The lowest BCUT2D eigenvalue weighted by Crippen LogP contribution is -2.33. The highest BCUT2D eigenvalue weighted by atomic mass is 16.3. The summed E-state index contributed by atoms with van der Waals surface area (Å²) in [5.41, 5.74) is 5.48. The molecule has 0 aliphatic heterocycles. The van der Waals surface area contributed by atoms with Gasteiger partial charge in [-0.25, -0.2) is 0 Å². The van der Waals surface area contributed by atoms with Crippen LogP contribution in [0.1, 0.15) is 26.7 Å². The molecule has 2 atom stereocenters. The molecule has 0 saturated carbocycles. The maximum absolute atomic E-state index is 9.00. The molecule has 0 unspecified atom stereocenters. The van der Waals surface area contributed by atoms with Crippen LogP contribution in [0.15, 0.2) is 0 Å². The number of aliphatic hydroxyl groups is 1. The lowest BCUT2D eigenvalue weighted by atomic mass is 10.1. The Balaban J connectivity index is 3.29. The van der Waals surface area contributed by atoms with E-state index in [1.807, 2.05) is 13.8 Å². The van der Waals surface area contributed by atoms with Gasteiger partial charge in [-0.15, -0.1) is 0 Å². The Kier molecular flexibility index (Phi) is 3.83. The van der Waals surface area contributed by atoms with Crippen LogP contribution in [-0.2, 0) is 0 Å². The van der Waals surface area contributed by atoms with Crippen LogP contribution < -0.4 is 5.73 Å². The molecule has 0 spiro atoms. The summed E-state index contributed by atoms with van der Waals surface area (Å²) in [5, 5.41) is 9.00.